The van der Waals surface area contributed by atoms with Crippen molar-refractivity contribution in [3.8, 4) is 0 Å². The first kappa shape index (κ1) is 20.3. The Morgan fingerprint density at radius 2 is 2.13 bits per heavy atom. The van der Waals surface area contributed by atoms with Gasteiger partial charge in [-0.15, -0.1) is 0 Å². The average molecular weight is 409 g/mol. The van der Waals surface area contributed by atoms with Crippen molar-refractivity contribution in [1.29, 1.82) is 0 Å². The lowest BCUT2D eigenvalue weighted by molar-refractivity contribution is -0.124. The van der Waals surface area contributed by atoms with Crippen LogP contribution in [0, 0.1) is 5.92 Å². The normalized spacial score (nSPS) is 22.2. The number of fused-ring (bicyclic) bond motifs is 1. The van der Waals surface area contributed by atoms with Crippen LogP contribution in [0.4, 0.5) is 17.1 Å². The molecule has 158 valence electrons. The van der Waals surface area contributed by atoms with E-state index in [-0.39, 0.29) is 17.6 Å². The van der Waals surface area contributed by atoms with E-state index in [0.29, 0.717) is 44.8 Å². The largest absolute Gasteiger partial charge is 0.378 e. The fraction of sp³-hybridized carbons (Fsp3) is 0.435. The minimum absolute atomic E-state index is 0.0101. The third-order valence-electron chi connectivity index (χ3n) is 5.90. The van der Waals surface area contributed by atoms with Crippen molar-refractivity contribution in [2.24, 2.45) is 10.9 Å². The molecule has 7 heteroatoms. The molecule has 2 aliphatic heterocycles. The molecule has 1 aromatic carbocycles. The number of morpholine rings is 1. The predicted octanol–water partition coefficient (Wildman–Crippen LogP) is 3.14. The third-order valence-corrected chi connectivity index (χ3v) is 5.90. The number of aliphatic imine (C=N–C) groups is 1. The van der Waals surface area contributed by atoms with Crippen molar-refractivity contribution >= 4 is 35.0 Å². The molecule has 1 N–H and O–H groups in total. The van der Waals surface area contributed by atoms with Crippen molar-refractivity contribution in [2.75, 3.05) is 48.0 Å². The maximum Gasteiger partial charge on any atom is 0.230 e. The Bertz CT molecular complexity index is 915. The molecule has 3 aliphatic rings. The van der Waals surface area contributed by atoms with Crippen LogP contribution in [0.3, 0.4) is 0 Å². The molecule has 1 saturated heterocycles. The van der Waals surface area contributed by atoms with Crippen LogP contribution in [0.5, 0.6) is 0 Å². The quantitative estimate of drug-likeness (QED) is 0.775. The van der Waals surface area contributed by atoms with E-state index < -0.39 is 0 Å². The Kier molecular flexibility index (Phi) is 5.99. The number of hydrogen-bond acceptors (Lipinski definition) is 6. The van der Waals surface area contributed by atoms with E-state index in [9.17, 15) is 9.59 Å². The summed E-state index contributed by atoms with van der Waals surface area (Å²) in [6, 6.07) is 6.12. The zero-order valence-electron chi connectivity index (χ0n) is 17.4. The van der Waals surface area contributed by atoms with Gasteiger partial charge in [0.1, 0.15) is 11.6 Å². The molecule has 2 heterocycles. The van der Waals surface area contributed by atoms with E-state index in [1.807, 2.05) is 13.0 Å². The molecule has 1 aliphatic carbocycles. The number of hydrogen-bond donors (Lipinski definition) is 1. The van der Waals surface area contributed by atoms with E-state index in [4.69, 9.17) is 4.74 Å². The topological polar surface area (TPSA) is 74.2 Å². The molecule has 2 fully saturated rings. The van der Waals surface area contributed by atoms with E-state index >= 15 is 0 Å². The maximum absolute atomic E-state index is 13.5. The molecular weight excluding hydrogens is 380 g/mol. The van der Waals surface area contributed by atoms with Gasteiger partial charge in [0.15, 0.2) is 0 Å². The van der Waals surface area contributed by atoms with Crippen molar-refractivity contribution in [3.05, 3.63) is 42.2 Å². The summed E-state index contributed by atoms with van der Waals surface area (Å²) in [6.45, 7) is 9.18. The number of benzene rings is 1. The van der Waals surface area contributed by atoms with Crippen LogP contribution in [-0.4, -0.2) is 50.8 Å². The lowest BCUT2D eigenvalue weighted by Gasteiger charge is -2.31. The first-order valence-electron chi connectivity index (χ1n) is 10.5. The van der Waals surface area contributed by atoms with E-state index in [1.54, 1.807) is 17.2 Å². The molecular formula is C23H28N4O3. The van der Waals surface area contributed by atoms with Crippen molar-refractivity contribution < 1.29 is 14.3 Å². The monoisotopic (exact) mass is 408 g/mol. The number of amides is 1. The van der Waals surface area contributed by atoms with Crippen LogP contribution in [0.15, 0.2) is 47.2 Å². The minimum atomic E-state index is -0.264. The Morgan fingerprint density at radius 1 is 1.33 bits per heavy atom. The van der Waals surface area contributed by atoms with Gasteiger partial charge in [-0.2, -0.15) is 0 Å². The molecule has 1 saturated carbocycles. The van der Waals surface area contributed by atoms with E-state index in [0.717, 1.165) is 35.7 Å². The number of carbonyl (C=O) groups excluding carboxylic acids is 2. The molecule has 1 aromatic rings. The zero-order valence-corrected chi connectivity index (χ0v) is 17.4. The third kappa shape index (κ3) is 4.03. The van der Waals surface area contributed by atoms with Gasteiger partial charge in [0.25, 0.3) is 0 Å². The predicted molar refractivity (Wildman–Crippen MR) is 119 cm³/mol. The summed E-state index contributed by atoms with van der Waals surface area (Å²) < 4.78 is 5.48. The first-order chi connectivity index (χ1) is 14.6. The van der Waals surface area contributed by atoms with Gasteiger partial charge in [-0.25, -0.2) is 4.99 Å². The molecule has 30 heavy (non-hydrogen) atoms. The fourth-order valence-corrected chi connectivity index (χ4v) is 4.25. The molecule has 0 radical (unpaired) electrons. The zero-order chi connectivity index (χ0) is 21.1. The number of nitrogens with one attached hydrogen (secondary N) is 1. The highest BCUT2D eigenvalue weighted by Crippen LogP contribution is 2.38. The van der Waals surface area contributed by atoms with Crippen LogP contribution >= 0.6 is 0 Å². The lowest BCUT2D eigenvalue weighted by Crippen LogP contribution is -2.38. The highest BCUT2D eigenvalue weighted by Gasteiger charge is 2.34. The molecule has 1 unspecified atom stereocenters. The SMILES string of the molecule is C=CC1=C(N=CC)Nc2ccc(N3CCOCC3)cc2N(C(=O)C2CCC(=O)C2)C1. The Balaban J connectivity index is 1.75. The number of anilines is 3. The number of ether oxygens (including phenoxy) is 1. The van der Waals surface area contributed by atoms with Crippen LogP contribution in [0.25, 0.3) is 0 Å². The van der Waals surface area contributed by atoms with Crippen molar-refractivity contribution in [3.63, 3.8) is 0 Å². The molecule has 1 atom stereocenters. The second-order valence-corrected chi connectivity index (χ2v) is 7.79. The van der Waals surface area contributed by atoms with E-state index in [1.165, 1.54) is 0 Å². The molecule has 0 aromatic heterocycles. The molecule has 7 nitrogen and oxygen atoms in total. The summed E-state index contributed by atoms with van der Waals surface area (Å²) in [5, 5.41) is 3.38. The highest BCUT2D eigenvalue weighted by molar-refractivity contribution is 6.02. The van der Waals surface area contributed by atoms with Crippen molar-refractivity contribution in [2.45, 2.75) is 26.2 Å². The van der Waals surface area contributed by atoms with Crippen LogP contribution < -0.4 is 15.1 Å². The minimum Gasteiger partial charge on any atom is -0.378 e. The van der Waals surface area contributed by atoms with Gasteiger partial charge >= 0.3 is 0 Å². The average Bonchev–Trinajstić information content (AvgIpc) is 3.14. The lowest BCUT2D eigenvalue weighted by atomic mass is 10.0. The summed E-state index contributed by atoms with van der Waals surface area (Å²) in [6.07, 6.45) is 4.89. The number of nitrogens with zero attached hydrogens (tertiary/aromatic N) is 3. The molecule has 0 bridgehead atoms. The number of Topliss-reactive ketones (excluding diaryl/α,β-unsaturated/α-hetero) is 1. The van der Waals surface area contributed by atoms with Gasteiger partial charge in [0.2, 0.25) is 5.91 Å². The number of ketones is 1. The number of rotatable bonds is 4. The van der Waals surface area contributed by atoms with E-state index in [2.05, 4.69) is 33.9 Å². The standard InChI is InChI=1S/C23H28N4O3/c1-3-16-15-27(23(29)17-5-7-19(28)13-17)21-14-18(26-9-11-30-12-10-26)6-8-20(21)25-22(16)24-4-2/h3-4,6,8,14,17,25H,1,5,7,9-13,15H2,2H3. The Morgan fingerprint density at radius 3 is 2.80 bits per heavy atom. The van der Waals surface area contributed by atoms with Gasteiger partial charge < -0.3 is 19.9 Å². The number of carbonyl (C=O) groups is 2. The molecule has 4 rings (SSSR count). The maximum atomic E-state index is 13.5. The molecule has 1 amide bonds. The van der Waals surface area contributed by atoms with Gasteiger partial charge in [-0.05, 0) is 31.5 Å². The Hall–Kier alpha value is -2.93. The second-order valence-electron chi connectivity index (χ2n) is 7.79. The smallest absolute Gasteiger partial charge is 0.230 e. The van der Waals surface area contributed by atoms with Crippen LogP contribution in [0.1, 0.15) is 26.2 Å². The van der Waals surface area contributed by atoms with Crippen LogP contribution in [0.2, 0.25) is 0 Å². The summed E-state index contributed by atoms with van der Waals surface area (Å²) >= 11 is 0. The summed E-state index contributed by atoms with van der Waals surface area (Å²) in [4.78, 5) is 33.8. The van der Waals surface area contributed by atoms with Gasteiger partial charge in [-0.1, -0.05) is 12.7 Å². The van der Waals surface area contributed by atoms with Gasteiger partial charge in [0.05, 0.1) is 31.1 Å². The summed E-state index contributed by atoms with van der Waals surface area (Å²) in [5.41, 5.74) is 3.53. The first-order valence-corrected chi connectivity index (χ1v) is 10.5. The fourth-order valence-electron chi connectivity index (χ4n) is 4.25. The van der Waals surface area contributed by atoms with Gasteiger partial charge in [0, 0.05) is 49.3 Å². The summed E-state index contributed by atoms with van der Waals surface area (Å²) in [7, 11) is 0. The second kappa shape index (κ2) is 8.83. The molecule has 0 spiro atoms. The summed E-state index contributed by atoms with van der Waals surface area (Å²) in [5.74, 6) is 0.578. The van der Waals surface area contributed by atoms with Gasteiger partial charge in [-0.3, -0.25) is 9.59 Å². The highest BCUT2D eigenvalue weighted by atomic mass is 16.5. The van der Waals surface area contributed by atoms with Crippen LogP contribution in [-0.2, 0) is 14.3 Å². The Labute approximate surface area is 177 Å². The van der Waals surface area contributed by atoms with Crippen molar-refractivity contribution in [1.82, 2.24) is 0 Å².